The number of amides is 2. The number of nitrogens with zero attached hydrogens (tertiary/aromatic N) is 4. The number of hydrogen-bond acceptors (Lipinski definition) is 5. The molecule has 0 radical (unpaired) electrons. The normalized spacial score (nSPS) is 27.8. The molecular formula is C15H21N5O2. The van der Waals surface area contributed by atoms with Crippen molar-refractivity contribution in [3.8, 4) is 0 Å². The second-order valence-corrected chi connectivity index (χ2v) is 6.11. The van der Waals surface area contributed by atoms with Crippen LogP contribution in [0.25, 0.3) is 0 Å². The van der Waals surface area contributed by atoms with Gasteiger partial charge in [-0.3, -0.25) is 19.5 Å². The van der Waals surface area contributed by atoms with Gasteiger partial charge in [-0.1, -0.05) is 0 Å². The third kappa shape index (κ3) is 2.45. The van der Waals surface area contributed by atoms with E-state index in [1.165, 1.54) is 6.20 Å². The van der Waals surface area contributed by atoms with Gasteiger partial charge in [0.15, 0.2) is 0 Å². The summed E-state index contributed by atoms with van der Waals surface area (Å²) in [6, 6.07) is 0.154. The number of nitrogens with one attached hydrogen (secondary N) is 1. The molecule has 3 atom stereocenters. The van der Waals surface area contributed by atoms with E-state index in [9.17, 15) is 9.59 Å². The van der Waals surface area contributed by atoms with Crippen LogP contribution < -0.4 is 5.32 Å². The number of carbonyl (C=O) groups excluding carboxylic acids is 2. The van der Waals surface area contributed by atoms with Gasteiger partial charge in [0.1, 0.15) is 5.69 Å². The Morgan fingerprint density at radius 3 is 2.64 bits per heavy atom. The van der Waals surface area contributed by atoms with Crippen LogP contribution in [0, 0.1) is 12.8 Å². The summed E-state index contributed by atoms with van der Waals surface area (Å²) in [6.45, 7) is 3.16. The molecule has 0 aliphatic carbocycles. The highest BCUT2D eigenvalue weighted by molar-refractivity contribution is 5.92. The quantitative estimate of drug-likeness (QED) is 0.810. The summed E-state index contributed by atoms with van der Waals surface area (Å²) < 4.78 is 0. The van der Waals surface area contributed by atoms with Crippen LogP contribution in [-0.4, -0.2) is 70.9 Å². The third-order valence-corrected chi connectivity index (χ3v) is 4.78. The van der Waals surface area contributed by atoms with Crippen LogP contribution >= 0.6 is 0 Å². The van der Waals surface area contributed by atoms with E-state index in [1.807, 2.05) is 18.9 Å². The Kier molecular flexibility index (Phi) is 3.82. The van der Waals surface area contributed by atoms with Gasteiger partial charge in [0, 0.05) is 32.4 Å². The molecule has 0 spiro atoms. The van der Waals surface area contributed by atoms with E-state index in [0.29, 0.717) is 24.7 Å². The van der Waals surface area contributed by atoms with Gasteiger partial charge in [-0.2, -0.15) is 0 Å². The molecule has 3 rings (SSSR count). The minimum absolute atomic E-state index is 0.0548. The van der Waals surface area contributed by atoms with E-state index in [4.69, 9.17) is 0 Å². The van der Waals surface area contributed by atoms with E-state index >= 15 is 0 Å². The fourth-order valence-corrected chi connectivity index (χ4v) is 3.52. The van der Waals surface area contributed by atoms with Crippen molar-refractivity contribution in [1.29, 1.82) is 0 Å². The van der Waals surface area contributed by atoms with E-state index in [-0.39, 0.29) is 23.9 Å². The maximum absolute atomic E-state index is 12.5. The van der Waals surface area contributed by atoms with Gasteiger partial charge in [0.25, 0.3) is 5.91 Å². The first kappa shape index (κ1) is 14.9. The van der Waals surface area contributed by atoms with Gasteiger partial charge in [0.05, 0.1) is 17.9 Å². The van der Waals surface area contributed by atoms with Crippen molar-refractivity contribution in [2.75, 3.05) is 27.2 Å². The molecule has 7 heteroatoms. The first-order valence-electron chi connectivity index (χ1n) is 7.52. The first-order valence-corrected chi connectivity index (χ1v) is 7.52. The molecule has 1 aromatic rings. The fourth-order valence-electron chi connectivity index (χ4n) is 3.52. The summed E-state index contributed by atoms with van der Waals surface area (Å²) in [6.07, 6.45) is 3.94. The van der Waals surface area contributed by atoms with E-state index in [2.05, 4.69) is 20.2 Å². The Balaban J connectivity index is 1.68. The van der Waals surface area contributed by atoms with Gasteiger partial charge in [-0.15, -0.1) is 0 Å². The number of fused-ring (bicyclic) bond motifs is 1. The lowest BCUT2D eigenvalue weighted by Crippen LogP contribution is -2.45. The molecule has 0 saturated carbocycles. The van der Waals surface area contributed by atoms with Crippen molar-refractivity contribution in [3.05, 3.63) is 23.8 Å². The number of likely N-dealkylation sites (tertiary alicyclic amines) is 2. The Bertz CT molecular complexity index is 588. The number of aryl methyl sites for hydroxylation is 1. The SMILES string of the molecule is CNC(=O)[C@H]1C[C@@H]2CN(C(=O)c3cnc(C)cn3)C[C@@H]2N1C. The molecule has 7 nitrogen and oxygen atoms in total. The highest BCUT2D eigenvalue weighted by atomic mass is 16.2. The molecular weight excluding hydrogens is 282 g/mol. The van der Waals surface area contributed by atoms with Crippen LogP contribution in [0.15, 0.2) is 12.4 Å². The van der Waals surface area contributed by atoms with Gasteiger partial charge < -0.3 is 10.2 Å². The van der Waals surface area contributed by atoms with E-state index < -0.39 is 0 Å². The largest absolute Gasteiger partial charge is 0.358 e. The highest BCUT2D eigenvalue weighted by Crippen LogP contribution is 2.35. The average molecular weight is 303 g/mol. The van der Waals surface area contributed by atoms with Crippen LogP contribution in [0.1, 0.15) is 22.6 Å². The molecule has 2 aliphatic rings. The van der Waals surface area contributed by atoms with Crippen molar-refractivity contribution < 1.29 is 9.59 Å². The first-order chi connectivity index (χ1) is 10.5. The molecule has 22 heavy (non-hydrogen) atoms. The van der Waals surface area contributed by atoms with Crippen LogP contribution in [0.4, 0.5) is 0 Å². The van der Waals surface area contributed by atoms with Crippen LogP contribution in [0.2, 0.25) is 0 Å². The van der Waals surface area contributed by atoms with Gasteiger partial charge >= 0.3 is 0 Å². The Morgan fingerprint density at radius 1 is 1.27 bits per heavy atom. The predicted octanol–water partition coefficient (Wildman–Crippen LogP) is -0.324. The topological polar surface area (TPSA) is 78.4 Å². The molecule has 1 aromatic heterocycles. The number of hydrogen-bond donors (Lipinski definition) is 1. The van der Waals surface area contributed by atoms with Crippen molar-refractivity contribution in [1.82, 2.24) is 25.1 Å². The molecule has 2 aliphatic heterocycles. The molecule has 118 valence electrons. The molecule has 1 N–H and O–H groups in total. The summed E-state index contributed by atoms with van der Waals surface area (Å²) in [4.78, 5) is 36.6. The van der Waals surface area contributed by atoms with Crippen molar-refractivity contribution in [3.63, 3.8) is 0 Å². The Morgan fingerprint density at radius 2 is 2.05 bits per heavy atom. The Hall–Kier alpha value is -2.02. The lowest BCUT2D eigenvalue weighted by molar-refractivity contribution is -0.125. The second-order valence-electron chi connectivity index (χ2n) is 6.11. The molecule has 2 fully saturated rings. The third-order valence-electron chi connectivity index (χ3n) is 4.78. The predicted molar refractivity (Wildman–Crippen MR) is 80.2 cm³/mol. The number of rotatable bonds is 2. The molecule has 0 unspecified atom stereocenters. The summed E-state index contributed by atoms with van der Waals surface area (Å²) in [7, 11) is 3.63. The van der Waals surface area contributed by atoms with Gasteiger partial charge in [0.2, 0.25) is 5.91 Å². The monoisotopic (exact) mass is 303 g/mol. The average Bonchev–Trinajstić information content (AvgIpc) is 3.06. The van der Waals surface area contributed by atoms with Crippen LogP contribution in [0.3, 0.4) is 0 Å². The lowest BCUT2D eigenvalue weighted by Gasteiger charge is -2.25. The maximum atomic E-state index is 12.5. The number of carbonyl (C=O) groups is 2. The fraction of sp³-hybridized carbons (Fsp3) is 0.600. The maximum Gasteiger partial charge on any atom is 0.274 e. The number of aromatic nitrogens is 2. The smallest absolute Gasteiger partial charge is 0.274 e. The minimum Gasteiger partial charge on any atom is -0.358 e. The summed E-state index contributed by atoms with van der Waals surface area (Å²) >= 11 is 0. The molecule has 0 aromatic carbocycles. The highest BCUT2D eigenvalue weighted by Gasteiger charge is 2.48. The number of likely N-dealkylation sites (N-methyl/N-ethyl adjacent to an activating group) is 2. The zero-order valence-corrected chi connectivity index (χ0v) is 13.1. The van der Waals surface area contributed by atoms with Crippen LogP contribution in [0.5, 0.6) is 0 Å². The van der Waals surface area contributed by atoms with E-state index in [1.54, 1.807) is 13.2 Å². The molecule has 3 heterocycles. The van der Waals surface area contributed by atoms with Crippen molar-refractivity contribution in [2.45, 2.75) is 25.4 Å². The molecule has 0 bridgehead atoms. The van der Waals surface area contributed by atoms with Gasteiger partial charge in [-0.25, -0.2) is 4.98 Å². The molecule has 2 saturated heterocycles. The second kappa shape index (κ2) is 5.64. The lowest BCUT2D eigenvalue weighted by atomic mass is 10.0. The summed E-state index contributed by atoms with van der Waals surface area (Å²) in [5.74, 6) is 0.320. The molecule has 2 amide bonds. The van der Waals surface area contributed by atoms with Crippen molar-refractivity contribution >= 4 is 11.8 Å². The summed E-state index contributed by atoms with van der Waals surface area (Å²) in [5.41, 5.74) is 1.18. The van der Waals surface area contributed by atoms with Gasteiger partial charge in [-0.05, 0) is 26.3 Å². The Labute approximate surface area is 129 Å². The van der Waals surface area contributed by atoms with Crippen LogP contribution in [-0.2, 0) is 4.79 Å². The van der Waals surface area contributed by atoms with E-state index in [0.717, 1.165) is 12.1 Å². The standard InChI is InChI=1S/C15H21N5O2/c1-9-5-18-11(6-17-9)15(22)20-7-10-4-12(14(21)16-2)19(3)13(10)8-20/h5-6,10,12-13H,4,7-8H2,1-3H3,(H,16,21)/t10-,12-,13+/m1/s1. The summed E-state index contributed by atoms with van der Waals surface area (Å²) in [5, 5.41) is 2.71. The minimum atomic E-state index is -0.0866. The zero-order chi connectivity index (χ0) is 15.9. The zero-order valence-electron chi connectivity index (χ0n) is 13.1. The van der Waals surface area contributed by atoms with Crippen molar-refractivity contribution in [2.24, 2.45) is 5.92 Å².